The van der Waals surface area contributed by atoms with E-state index in [0.717, 1.165) is 16.7 Å². The lowest BCUT2D eigenvalue weighted by molar-refractivity contribution is 0.477. The molecule has 2 aromatic heterocycles. The van der Waals surface area contributed by atoms with E-state index in [1.807, 2.05) is 42.5 Å². The van der Waals surface area contributed by atoms with Crippen LogP contribution >= 0.6 is 0 Å². The summed E-state index contributed by atoms with van der Waals surface area (Å²) in [5.41, 5.74) is 2.96. The summed E-state index contributed by atoms with van der Waals surface area (Å²) in [5, 5.41) is 0. The number of aryl methyl sites for hydroxylation is 2. The third-order valence-electron chi connectivity index (χ3n) is 4.58. The average molecular weight is 346 g/mol. The zero-order chi connectivity index (χ0) is 18.3. The summed E-state index contributed by atoms with van der Waals surface area (Å²) in [6.45, 7) is 0. The van der Waals surface area contributed by atoms with Crippen LogP contribution in [0.5, 0.6) is 11.5 Å². The van der Waals surface area contributed by atoms with Crippen LogP contribution in [0.3, 0.4) is 0 Å². The molecule has 5 nitrogen and oxygen atoms in total. The Balaban J connectivity index is 1.95. The second-order valence-corrected chi connectivity index (χ2v) is 6.37. The molecule has 0 radical (unpaired) electrons. The maximum absolute atomic E-state index is 12.4. The first-order valence-corrected chi connectivity index (χ1v) is 8.37. The monoisotopic (exact) mass is 346 g/mol. The molecule has 2 heterocycles. The molecule has 0 saturated heterocycles. The molecule has 1 aliphatic rings. The Hall–Kier alpha value is -3.34. The van der Waals surface area contributed by atoms with E-state index < -0.39 is 0 Å². The van der Waals surface area contributed by atoms with Gasteiger partial charge in [0.1, 0.15) is 5.75 Å². The fourth-order valence-corrected chi connectivity index (χ4v) is 3.22. The van der Waals surface area contributed by atoms with Crippen molar-refractivity contribution in [3.63, 3.8) is 0 Å². The molecule has 0 unspecified atom stereocenters. The van der Waals surface area contributed by atoms with Crippen LogP contribution in [-0.4, -0.2) is 9.13 Å². The van der Waals surface area contributed by atoms with Crippen molar-refractivity contribution >= 4 is 6.08 Å². The van der Waals surface area contributed by atoms with Crippen LogP contribution in [0.1, 0.15) is 11.1 Å². The summed E-state index contributed by atoms with van der Waals surface area (Å²) in [4.78, 5) is 24.7. The lowest BCUT2D eigenvalue weighted by atomic mass is 9.99. The largest absolute Gasteiger partial charge is 0.455 e. The van der Waals surface area contributed by atoms with E-state index in [-0.39, 0.29) is 11.1 Å². The molecule has 0 saturated carbocycles. The van der Waals surface area contributed by atoms with Crippen LogP contribution in [0.4, 0.5) is 0 Å². The molecule has 5 heteroatoms. The summed E-state index contributed by atoms with van der Waals surface area (Å²) < 4.78 is 9.10. The fraction of sp³-hybridized carbons (Fsp3) is 0.143. The number of hydrogen-bond donors (Lipinski definition) is 0. The number of fused-ring (bicyclic) bond motifs is 1. The molecule has 0 spiro atoms. The number of allylic oxidation sites excluding steroid dienone is 1. The van der Waals surface area contributed by atoms with Gasteiger partial charge in [0.2, 0.25) is 0 Å². The highest BCUT2D eigenvalue weighted by molar-refractivity contribution is 5.81. The smallest absolute Gasteiger partial charge is 0.254 e. The van der Waals surface area contributed by atoms with E-state index in [1.165, 1.54) is 4.57 Å². The lowest BCUT2D eigenvalue weighted by Crippen LogP contribution is -2.22. The Morgan fingerprint density at radius 3 is 2.50 bits per heavy atom. The van der Waals surface area contributed by atoms with Crippen LogP contribution in [0.25, 0.3) is 17.2 Å². The van der Waals surface area contributed by atoms with E-state index in [1.54, 1.807) is 37.1 Å². The number of ether oxygens (including phenoxy) is 1. The Labute approximate surface area is 150 Å². The molecule has 26 heavy (non-hydrogen) atoms. The van der Waals surface area contributed by atoms with Gasteiger partial charge in [-0.2, -0.15) is 0 Å². The van der Waals surface area contributed by atoms with Crippen molar-refractivity contribution < 1.29 is 4.74 Å². The summed E-state index contributed by atoms with van der Waals surface area (Å²) >= 11 is 0. The maximum atomic E-state index is 12.4. The van der Waals surface area contributed by atoms with E-state index in [4.69, 9.17) is 4.74 Å². The van der Waals surface area contributed by atoms with Gasteiger partial charge >= 0.3 is 0 Å². The molecule has 0 N–H and O–H groups in total. The molecule has 0 bridgehead atoms. The van der Waals surface area contributed by atoms with Gasteiger partial charge in [0.25, 0.3) is 11.1 Å². The van der Waals surface area contributed by atoms with Gasteiger partial charge in [-0.05, 0) is 24.1 Å². The predicted octanol–water partition coefficient (Wildman–Crippen LogP) is 3.11. The van der Waals surface area contributed by atoms with Crippen molar-refractivity contribution in [3.8, 4) is 22.6 Å². The Morgan fingerprint density at radius 1 is 0.962 bits per heavy atom. The number of rotatable bonds is 3. The molecule has 3 aromatic rings. The topological polar surface area (TPSA) is 53.2 Å². The molecule has 0 amide bonds. The highest BCUT2D eigenvalue weighted by atomic mass is 16.5. The van der Waals surface area contributed by atoms with Gasteiger partial charge in [-0.15, -0.1) is 0 Å². The Kier molecular flexibility index (Phi) is 3.84. The van der Waals surface area contributed by atoms with Crippen molar-refractivity contribution in [1.29, 1.82) is 0 Å². The molecule has 1 aliphatic carbocycles. The van der Waals surface area contributed by atoms with Gasteiger partial charge in [0, 0.05) is 43.0 Å². The van der Waals surface area contributed by atoms with E-state index in [0.29, 0.717) is 23.5 Å². The minimum Gasteiger partial charge on any atom is -0.455 e. The van der Waals surface area contributed by atoms with Crippen LogP contribution < -0.4 is 15.9 Å². The van der Waals surface area contributed by atoms with Crippen molar-refractivity contribution in [2.45, 2.75) is 6.42 Å². The summed E-state index contributed by atoms with van der Waals surface area (Å²) in [6.07, 6.45) is 7.96. The summed E-state index contributed by atoms with van der Waals surface area (Å²) in [5.74, 6) is 1.25. The van der Waals surface area contributed by atoms with Crippen LogP contribution in [0.15, 0.2) is 64.5 Å². The van der Waals surface area contributed by atoms with Crippen molar-refractivity contribution in [1.82, 2.24) is 9.13 Å². The zero-order valence-electron chi connectivity index (χ0n) is 14.6. The molecule has 130 valence electrons. The number of benzene rings is 1. The second kappa shape index (κ2) is 6.19. The van der Waals surface area contributed by atoms with Crippen molar-refractivity contribution in [2.24, 2.45) is 14.1 Å². The molecule has 4 rings (SSSR count). The molecule has 0 fully saturated rings. The first-order chi connectivity index (χ1) is 12.5. The van der Waals surface area contributed by atoms with E-state index in [9.17, 15) is 9.59 Å². The molecule has 0 atom stereocenters. The Morgan fingerprint density at radius 2 is 1.73 bits per heavy atom. The number of para-hydroxylation sites is 1. The minimum atomic E-state index is -0.134. The summed E-state index contributed by atoms with van der Waals surface area (Å²) in [6, 6.07) is 11.0. The van der Waals surface area contributed by atoms with Crippen LogP contribution in [0.2, 0.25) is 0 Å². The number of pyridine rings is 2. The van der Waals surface area contributed by atoms with Gasteiger partial charge in [-0.3, -0.25) is 9.59 Å². The third-order valence-corrected chi connectivity index (χ3v) is 4.58. The molecule has 1 aromatic carbocycles. The first-order valence-electron chi connectivity index (χ1n) is 8.37. The third kappa shape index (κ3) is 2.67. The Bertz CT molecular complexity index is 1140. The standard InChI is InChI=1S/C21H18N2O3/c1-22-13-19(26-14-7-4-3-5-8-14)17(11-20(22)24)18-12-23(2)21(25)16-10-6-9-15(16)18/h3-9,11-13H,10H2,1-2H3. The highest BCUT2D eigenvalue weighted by Crippen LogP contribution is 2.36. The maximum Gasteiger partial charge on any atom is 0.254 e. The van der Waals surface area contributed by atoms with Gasteiger partial charge in [0.05, 0.1) is 6.20 Å². The van der Waals surface area contributed by atoms with E-state index in [2.05, 4.69) is 0 Å². The number of aromatic nitrogens is 2. The highest BCUT2D eigenvalue weighted by Gasteiger charge is 2.20. The first kappa shape index (κ1) is 16.1. The van der Waals surface area contributed by atoms with Gasteiger partial charge in [0.15, 0.2) is 5.75 Å². The van der Waals surface area contributed by atoms with Crippen molar-refractivity contribution in [2.75, 3.05) is 0 Å². The average Bonchev–Trinajstić information content (AvgIpc) is 3.12. The predicted molar refractivity (Wildman–Crippen MR) is 102 cm³/mol. The lowest BCUT2D eigenvalue weighted by Gasteiger charge is -2.16. The van der Waals surface area contributed by atoms with Crippen LogP contribution in [-0.2, 0) is 20.5 Å². The molecule has 0 aliphatic heterocycles. The van der Waals surface area contributed by atoms with Gasteiger partial charge < -0.3 is 13.9 Å². The normalized spacial score (nSPS) is 12.2. The zero-order valence-corrected chi connectivity index (χ0v) is 14.6. The molecular formula is C21H18N2O3. The number of hydrogen-bond acceptors (Lipinski definition) is 3. The van der Waals surface area contributed by atoms with Gasteiger partial charge in [-0.25, -0.2) is 0 Å². The quantitative estimate of drug-likeness (QED) is 0.732. The fourth-order valence-electron chi connectivity index (χ4n) is 3.22. The van der Waals surface area contributed by atoms with E-state index >= 15 is 0 Å². The van der Waals surface area contributed by atoms with Gasteiger partial charge in [-0.1, -0.05) is 30.4 Å². The SMILES string of the molecule is Cn1cc(Oc2ccccc2)c(-c2cn(C)c(=O)c3c2C=CC3)cc1=O. The second-order valence-electron chi connectivity index (χ2n) is 6.37. The number of nitrogens with zero attached hydrogens (tertiary/aromatic N) is 2. The van der Waals surface area contributed by atoms with Crippen molar-refractivity contribution in [3.05, 3.63) is 86.7 Å². The summed E-state index contributed by atoms with van der Waals surface area (Å²) in [7, 11) is 3.41. The minimum absolute atomic E-state index is 0.0110. The van der Waals surface area contributed by atoms with Crippen LogP contribution in [0, 0.1) is 0 Å². The molecular weight excluding hydrogens is 328 g/mol.